The molecule has 1 aliphatic rings. The number of carbonyl (C=O) groups is 1. The van der Waals surface area contributed by atoms with E-state index in [9.17, 15) is 4.79 Å². The zero-order chi connectivity index (χ0) is 15.5. The molecule has 1 aromatic heterocycles. The number of ether oxygens (including phenoxy) is 1. The van der Waals surface area contributed by atoms with Crippen LogP contribution in [0.3, 0.4) is 0 Å². The summed E-state index contributed by atoms with van der Waals surface area (Å²) in [6, 6.07) is 5.21. The quantitative estimate of drug-likeness (QED) is 0.851. The number of hydrogen-bond donors (Lipinski definition) is 2. The van der Waals surface area contributed by atoms with Gasteiger partial charge in [0.2, 0.25) is 5.91 Å². The standard InChI is InChI=1S/C13H16N6O2S/c1-8-16-17-18-19(8)11-5-9(3-4-12(11)21-2)15-13(20)10-6-22-7-14-10/h3-5,10,14H,6-7H2,1-2H3,(H,15,20). The number of hydrogen-bond acceptors (Lipinski definition) is 7. The van der Waals surface area contributed by atoms with Crippen LogP contribution in [0, 0.1) is 6.92 Å². The Morgan fingerprint density at radius 3 is 3.05 bits per heavy atom. The van der Waals surface area contributed by atoms with E-state index in [2.05, 4.69) is 26.2 Å². The lowest BCUT2D eigenvalue weighted by Gasteiger charge is -2.13. The molecule has 0 spiro atoms. The number of benzene rings is 1. The predicted octanol–water partition coefficient (Wildman–Crippen LogP) is 0.580. The summed E-state index contributed by atoms with van der Waals surface area (Å²) in [6.07, 6.45) is 0. The van der Waals surface area contributed by atoms with Crippen molar-refractivity contribution in [3.8, 4) is 11.4 Å². The van der Waals surface area contributed by atoms with E-state index in [1.54, 1.807) is 48.7 Å². The van der Waals surface area contributed by atoms with Gasteiger partial charge in [-0.3, -0.25) is 10.1 Å². The van der Waals surface area contributed by atoms with Gasteiger partial charge in [-0.05, 0) is 35.5 Å². The highest BCUT2D eigenvalue weighted by atomic mass is 32.2. The third kappa shape index (κ3) is 2.90. The van der Waals surface area contributed by atoms with Gasteiger partial charge in [-0.25, -0.2) is 0 Å². The maximum absolute atomic E-state index is 12.2. The van der Waals surface area contributed by atoms with Crippen LogP contribution in [0.1, 0.15) is 5.82 Å². The minimum atomic E-state index is -0.162. The van der Waals surface area contributed by atoms with Crippen LogP contribution in [0.5, 0.6) is 5.75 Å². The Morgan fingerprint density at radius 2 is 2.41 bits per heavy atom. The van der Waals surface area contributed by atoms with Crippen LogP contribution in [0.25, 0.3) is 5.69 Å². The summed E-state index contributed by atoms with van der Waals surface area (Å²) in [5.41, 5.74) is 1.35. The molecule has 1 fully saturated rings. The van der Waals surface area contributed by atoms with Crippen molar-refractivity contribution in [3.05, 3.63) is 24.0 Å². The molecule has 1 amide bonds. The van der Waals surface area contributed by atoms with Gasteiger partial charge in [0.15, 0.2) is 5.82 Å². The van der Waals surface area contributed by atoms with Crippen LogP contribution in [-0.4, -0.2) is 50.9 Å². The molecule has 1 atom stereocenters. The summed E-state index contributed by atoms with van der Waals surface area (Å²) in [7, 11) is 1.58. The number of nitrogens with zero attached hydrogens (tertiary/aromatic N) is 4. The molecule has 0 radical (unpaired) electrons. The molecule has 1 unspecified atom stereocenters. The zero-order valence-corrected chi connectivity index (χ0v) is 13.1. The van der Waals surface area contributed by atoms with Crippen LogP contribution in [-0.2, 0) is 4.79 Å². The van der Waals surface area contributed by atoms with E-state index in [0.29, 0.717) is 22.9 Å². The van der Waals surface area contributed by atoms with Gasteiger partial charge < -0.3 is 10.1 Å². The number of methoxy groups -OCH3 is 1. The molecule has 2 aromatic rings. The molecule has 116 valence electrons. The molecule has 9 heteroatoms. The van der Waals surface area contributed by atoms with Crippen molar-refractivity contribution in [2.45, 2.75) is 13.0 Å². The summed E-state index contributed by atoms with van der Waals surface area (Å²) in [5.74, 6) is 2.80. The van der Waals surface area contributed by atoms with Crippen molar-refractivity contribution in [1.29, 1.82) is 0 Å². The molecule has 0 saturated carbocycles. The normalized spacial score (nSPS) is 17.5. The van der Waals surface area contributed by atoms with Crippen molar-refractivity contribution in [3.63, 3.8) is 0 Å². The summed E-state index contributed by atoms with van der Waals surface area (Å²) < 4.78 is 6.91. The fourth-order valence-electron chi connectivity index (χ4n) is 2.18. The van der Waals surface area contributed by atoms with Crippen molar-refractivity contribution in [2.75, 3.05) is 24.1 Å². The Hall–Kier alpha value is -2.13. The van der Waals surface area contributed by atoms with Gasteiger partial charge in [-0.2, -0.15) is 4.68 Å². The fraction of sp³-hybridized carbons (Fsp3) is 0.385. The van der Waals surface area contributed by atoms with Crippen LogP contribution in [0.2, 0.25) is 0 Å². The van der Waals surface area contributed by atoms with Crippen molar-refractivity contribution >= 4 is 23.4 Å². The minimum absolute atomic E-state index is 0.0467. The van der Waals surface area contributed by atoms with E-state index in [1.165, 1.54) is 0 Å². The molecule has 3 rings (SSSR count). The molecular formula is C13H16N6O2S. The average molecular weight is 320 g/mol. The maximum atomic E-state index is 12.2. The first-order valence-corrected chi connectivity index (χ1v) is 7.90. The van der Waals surface area contributed by atoms with Crippen molar-refractivity contribution in [1.82, 2.24) is 25.5 Å². The monoisotopic (exact) mass is 320 g/mol. The molecule has 2 heterocycles. The highest BCUT2D eigenvalue weighted by Gasteiger charge is 2.22. The van der Waals surface area contributed by atoms with Crippen LogP contribution >= 0.6 is 11.8 Å². The van der Waals surface area contributed by atoms with Crippen LogP contribution in [0.4, 0.5) is 5.69 Å². The number of rotatable bonds is 4. The second kappa shape index (κ2) is 6.32. The highest BCUT2D eigenvalue weighted by Crippen LogP contribution is 2.26. The topological polar surface area (TPSA) is 94.0 Å². The molecule has 22 heavy (non-hydrogen) atoms. The lowest BCUT2D eigenvalue weighted by molar-refractivity contribution is -0.117. The number of anilines is 1. The first-order chi connectivity index (χ1) is 10.7. The largest absolute Gasteiger partial charge is 0.494 e. The van der Waals surface area contributed by atoms with Crippen LogP contribution in [0.15, 0.2) is 18.2 Å². The van der Waals surface area contributed by atoms with Gasteiger partial charge in [0, 0.05) is 17.3 Å². The first-order valence-electron chi connectivity index (χ1n) is 6.74. The number of thioether (sulfide) groups is 1. The fourth-order valence-corrected chi connectivity index (χ4v) is 3.12. The van der Waals surface area contributed by atoms with Gasteiger partial charge >= 0.3 is 0 Å². The number of amides is 1. The van der Waals surface area contributed by atoms with E-state index >= 15 is 0 Å². The van der Waals surface area contributed by atoms with E-state index in [1.807, 2.05) is 0 Å². The second-order valence-corrected chi connectivity index (χ2v) is 5.82. The van der Waals surface area contributed by atoms with Gasteiger partial charge in [0.1, 0.15) is 11.4 Å². The Labute approximate surface area is 131 Å². The summed E-state index contributed by atoms with van der Waals surface area (Å²) in [6.45, 7) is 1.80. The molecule has 1 aromatic carbocycles. The molecule has 2 N–H and O–H groups in total. The zero-order valence-electron chi connectivity index (χ0n) is 12.2. The number of aromatic nitrogens is 4. The van der Waals surface area contributed by atoms with E-state index in [-0.39, 0.29) is 11.9 Å². The van der Waals surface area contributed by atoms with E-state index < -0.39 is 0 Å². The Morgan fingerprint density at radius 1 is 1.55 bits per heavy atom. The first kappa shape index (κ1) is 14.8. The third-order valence-electron chi connectivity index (χ3n) is 3.33. The van der Waals surface area contributed by atoms with E-state index in [0.717, 1.165) is 11.6 Å². The number of carbonyl (C=O) groups excluding carboxylic acids is 1. The Kier molecular flexibility index (Phi) is 4.25. The second-order valence-electron chi connectivity index (χ2n) is 4.79. The maximum Gasteiger partial charge on any atom is 0.242 e. The molecule has 0 aliphatic carbocycles. The van der Waals surface area contributed by atoms with E-state index in [4.69, 9.17) is 4.74 Å². The molecule has 8 nitrogen and oxygen atoms in total. The van der Waals surface area contributed by atoms with Crippen molar-refractivity contribution in [2.24, 2.45) is 0 Å². The lowest BCUT2D eigenvalue weighted by atomic mass is 10.2. The van der Waals surface area contributed by atoms with Gasteiger partial charge in [-0.15, -0.1) is 16.9 Å². The molecule has 1 aliphatic heterocycles. The molecule has 1 saturated heterocycles. The SMILES string of the molecule is COc1ccc(NC(=O)C2CSCN2)cc1-n1nnnc1C. The number of tetrazole rings is 1. The number of aryl methyl sites for hydroxylation is 1. The minimum Gasteiger partial charge on any atom is -0.494 e. The molecular weight excluding hydrogens is 304 g/mol. The average Bonchev–Trinajstić information content (AvgIpc) is 3.18. The summed E-state index contributed by atoms with van der Waals surface area (Å²) in [5, 5.41) is 17.5. The van der Waals surface area contributed by atoms with Crippen LogP contribution < -0.4 is 15.4 Å². The lowest BCUT2D eigenvalue weighted by Crippen LogP contribution is -2.37. The van der Waals surface area contributed by atoms with Crippen molar-refractivity contribution < 1.29 is 9.53 Å². The van der Waals surface area contributed by atoms with Gasteiger partial charge in [0.25, 0.3) is 0 Å². The smallest absolute Gasteiger partial charge is 0.242 e. The molecule has 0 bridgehead atoms. The highest BCUT2D eigenvalue weighted by molar-refractivity contribution is 7.99. The number of nitrogens with one attached hydrogen (secondary N) is 2. The predicted molar refractivity (Wildman–Crippen MR) is 83.3 cm³/mol. The summed E-state index contributed by atoms with van der Waals surface area (Å²) >= 11 is 1.71. The summed E-state index contributed by atoms with van der Waals surface area (Å²) in [4.78, 5) is 12.2. The third-order valence-corrected chi connectivity index (χ3v) is 4.27. The van der Waals surface area contributed by atoms with Gasteiger partial charge in [-0.1, -0.05) is 0 Å². The Bertz CT molecular complexity index is 683. The Balaban J connectivity index is 1.87. The van der Waals surface area contributed by atoms with Gasteiger partial charge in [0.05, 0.1) is 13.2 Å².